The molecule has 1 aromatic rings. The fourth-order valence-electron chi connectivity index (χ4n) is 2.29. The Hall–Kier alpha value is -2.16. The number of rotatable bonds is 4. The van der Waals surface area contributed by atoms with Crippen LogP contribution in [0.2, 0.25) is 0 Å². The van der Waals surface area contributed by atoms with Gasteiger partial charge in [0.25, 0.3) is 0 Å². The van der Waals surface area contributed by atoms with Gasteiger partial charge in [-0.05, 0) is 50.7 Å². The molecule has 1 aliphatic rings. The molecule has 3 N–H and O–H groups in total. The van der Waals surface area contributed by atoms with E-state index in [1.54, 1.807) is 32.9 Å². The second-order valence-electron chi connectivity index (χ2n) is 5.39. The third-order valence-electron chi connectivity index (χ3n) is 3.28. The number of anilines is 1. The summed E-state index contributed by atoms with van der Waals surface area (Å²) in [6.45, 7) is 5.30. The van der Waals surface area contributed by atoms with E-state index >= 15 is 0 Å². The maximum absolute atomic E-state index is 12.4. The van der Waals surface area contributed by atoms with Gasteiger partial charge in [0, 0.05) is 5.70 Å². The van der Waals surface area contributed by atoms with E-state index in [4.69, 9.17) is 22.2 Å². The average Bonchev–Trinajstić information content (AvgIpc) is 2.45. The van der Waals surface area contributed by atoms with Crippen molar-refractivity contribution in [3.63, 3.8) is 0 Å². The summed E-state index contributed by atoms with van der Waals surface area (Å²) in [5, 5.41) is 25.9. The van der Waals surface area contributed by atoms with Crippen molar-refractivity contribution in [2.45, 2.75) is 32.9 Å². The van der Waals surface area contributed by atoms with Gasteiger partial charge in [0.1, 0.15) is 0 Å². The Bertz CT molecular complexity index is 641. The van der Waals surface area contributed by atoms with Crippen molar-refractivity contribution in [1.29, 1.82) is 0 Å². The van der Waals surface area contributed by atoms with Crippen LogP contribution >= 0.6 is 12.2 Å². The molecule has 23 heavy (non-hydrogen) atoms. The van der Waals surface area contributed by atoms with E-state index < -0.39 is 12.0 Å². The molecule has 0 saturated carbocycles. The van der Waals surface area contributed by atoms with Gasteiger partial charge >= 0.3 is 5.97 Å². The number of esters is 1. The smallest absolute Gasteiger partial charge is 0.338 e. The van der Waals surface area contributed by atoms with Gasteiger partial charge in [0.05, 0.1) is 23.4 Å². The number of carbonyl (C=O) groups is 1. The van der Waals surface area contributed by atoms with Crippen molar-refractivity contribution in [1.82, 2.24) is 10.6 Å². The third kappa shape index (κ3) is 3.98. The fraction of sp³-hybridized carbons (Fsp3) is 0.333. The van der Waals surface area contributed by atoms with Gasteiger partial charge in [-0.15, -0.1) is 0 Å². The highest BCUT2D eigenvalue weighted by molar-refractivity contribution is 7.80. The molecule has 0 radical (unpaired) electrons. The minimum Gasteiger partial charge on any atom is -0.733 e. The summed E-state index contributed by atoms with van der Waals surface area (Å²) in [6, 6.07) is 5.68. The summed E-state index contributed by atoms with van der Waals surface area (Å²) in [5.74, 6) is -0.443. The first-order valence-electron chi connectivity index (χ1n) is 7.05. The molecule has 2 rings (SSSR count). The number of hydrogen-bond acceptors (Lipinski definition) is 6. The van der Waals surface area contributed by atoms with Crippen LogP contribution < -0.4 is 15.9 Å². The van der Waals surface area contributed by atoms with Crippen molar-refractivity contribution >= 4 is 29.0 Å². The molecule has 0 aromatic heterocycles. The zero-order valence-corrected chi connectivity index (χ0v) is 13.8. The summed E-state index contributed by atoms with van der Waals surface area (Å²) < 4.78 is 5.29. The summed E-state index contributed by atoms with van der Waals surface area (Å²) >= 11 is 5.15. The van der Waals surface area contributed by atoms with Gasteiger partial charge in [0.2, 0.25) is 0 Å². The predicted octanol–water partition coefficient (Wildman–Crippen LogP) is 2.12. The van der Waals surface area contributed by atoms with Crippen LogP contribution in [0.15, 0.2) is 35.5 Å². The molecule has 8 heteroatoms. The van der Waals surface area contributed by atoms with Gasteiger partial charge in [-0.25, -0.2) is 4.79 Å². The molecule has 0 saturated heterocycles. The van der Waals surface area contributed by atoms with Gasteiger partial charge in [-0.2, -0.15) is 0 Å². The molecule has 1 aromatic carbocycles. The summed E-state index contributed by atoms with van der Waals surface area (Å²) in [7, 11) is 0. The highest BCUT2D eigenvalue weighted by Crippen LogP contribution is 2.29. The Morgan fingerprint density at radius 3 is 2.52 bits per heavy atom. The quantitative estimate of drug-likeness (QED) is 0.437. The van der Waals surface area contributed by atoms with Crippen LogP contribution in [0.4, 0.5) is 5.69 Å². The van der Waals surface area contributed by atoms with Gasteiger partial charge in [0.15, 0.2) is 5.11 Å². The summed E-state index contributed by atoms with van der Waals surface area (Å²) in [5.41, 5.74) is 1.84. The number of ether oxygens (including phenoxy) is 1. The molecule has 1 atom stereocenters. The first-order chi connectivity index (χ1) is 10.8. The van der Waals surface area contributed by atoms with Crippen LogP contribution in [0.5, 0.6) is 0 Å². The second-order valence-corrected chi connectivity index (χ2v) is 5.80. The molecular formula is C15H18N3O4S-. The van der Waals surface area contributed by atoms with Crippen LogP contribution in [0.25, 0.3) is 0 Å². The SMILES string of the molecule is CC1=C(C(=O)OC(C)C)[C@@H](c2ccc(N([O-])O)cc2)NC(=S)N1. The van der Waals surface area contributed by atoms with Crippen LogP contribution in [0, 0.1) is 5.21 Å². The maximum Gasteiger partial charge on any atom is 0.338 e. The number of hydrogen-bond donors (Lipinski definition) is 3. The number of nitrogens with zero attached hydrogens (tertiary/aromatic N) is 1. The third-order valence-corrected chi connectivity index (χ3v) is 3.50. The van der Waals surface area contributed by atoms with E-state index in [0.29, 0.717) is 16.4 Å². The molecule has 0 fully saturated rings. The molecule has 1 aliphatic heterocycles. The zero-order valence-electron chi connectivity index (χ0n) is 13.0. The number of nitrogens with one attached hydrogen (secondary N) is 2. The van der Waals surface area contributed by atoms with E-state index in [-0.39, 0.29) is 17.0 Å². The minimum absolute atomic E-state index is 0.0947. The van der Waals surface area contributed by atoms with E-state index in [1.807, 2.05) is 0 Å². The lowest BCUT2D eigenvalue weighted by molar-refractivity contribution is -0.143. The lowest BCUT2D eigenvalue weighted by Crippen LogP contribution is -2.45. The lowest BCUT2D eigenvalue weighted by atomic mass is 9.95. The van der Waals surface area contributed by atoms with Crippen molar-refractivity contribution < 1.29 is 14.7 Å². The second kappa shape index (κ2) is 6.95. The number of thiocarbonyl (C=S) groups is 1. The normalized spacial score (nSPS) is 17.7. The lowest BCUT2D eigenvalue weighted by Gasteiger charge is -2.30. The molecule has 7 nitrogen and oxygen atoms in total. The standard InChI is InChI=1S/C15H18N3O4S/c1-8(2)22-14(19)12-9(3)16-15(23)17-13(12)10-4-6-11(7-5-10)18(20)21/h4-8,13,20H,1-3H3,(H2,16,17,23)/q-1/t13-/m1/s1. The summed E-state index contributed by atoms with van der Waals surface area (Å²) in [4.78, 5) is 12.4. The molecular weight excluding hydrogens is 318 g/mol. The van der Waals surface area contributed by atoms with Crippen molar-refractivity contribution in [2.75, 3.05) is 5.23 Å². The topological polar surface area (TPSA) is 96.9 Å². The molecule has 1 heterocycles. The molecule has 0 unspecified atom stereocenters. The van der Waals surface area contributed by atoms with E-state index in [1.165, 1.54) is 12.1 Å². The van der Waals surface area contributed by atoms with Crippen LogP contribution in [0.1, 0.15) is 32.4 Å². The van der Waals surface area contributed by atoms with Crippen molar-refractivity contribution in [3.8, 4) is 0 Å². The average molecular weight is 336 g/mol. The molecule has 0 amide bonds. The van der Waals surface area contributed by atoms with Gasteiger partial charge < -0.3 is 25.8 Å². The fourth-order valence-corrected chi connectivity index (χ4v) is 2.56. The van der Waals surface area contributed by atoms with Gasteiger partial charge in [-0.1, -0.05) is 12.1 Å². The highest BCUT2D eigenvalue weighted by atomic mass is 32.1. The zero-order chi connectivity index (χ0) is 17.1. The summed E-state index contributed by atoms with van der Waals surface area (Å²) in [6.07, 6.45) is -0.247. The van der Waals surface area contributed by atoms with E-state index in [9.17, 15) is 10.0 Å². The number of carbonyl (C=O) groups excluding carboxylic acids is 1. The monoisotopic (exact) mass is 336 g/mol. The van der Waals surface area contributed by atoms with Crippen molar-refractivity contribution in [2.24, 2.45) is 0 Å². The number of benzene rings is 1. The van der Waals surface area contributed by atoms with Gasteiger partial charge in [-0.3, -0.25) is 5.21 Å². The highest BCUT2D eigenvalue weighted by Gasteiger charge is 2.31. The Kier molecular flexibility index (Phi) is 5.19. The Balaban J connectivity index is 2.38. The van der Waals surface area contributed by atoms with E-state index in [2.05, 4.69) is 10.6 Å². The largest absolute Gasteiger partial charge is 0.733 e. The minimum atomic E-state index is -0.497. The molecule has 124 valence electrons. The van der Waals surface area contributed by atoms with Crippen LogP contribution in [0.3, 0.4) is 0 Å². The van der Waals surface area contributed by atoms with E-state index in [0.717, 1.165) is 5.56 Å². The predicted molar refractivity (Wildman–Crippen MR) is 89.6 cm³/mol. The Morgan fingerprint density at radius 1 is 1.39 bits per heavy atom. The first-order valence-corrected chi connectivity index (χ1v) is 7.45. The molecule has 0 aliphatic carbocycles. The molecule has 0 bridgehead atoms. The Morgan fingerprint density at radius 2 is 2.00 bits per heavy atom. The van der Waals surface area contributed by atoms with Crippen molar-refractivity contribution in [3.05, 3.63) is 46.3 Å². The van der Waals surface area contributed by atoms with Crippen LogP contribution in [-0.4, -0.2) is 22.4 Å². The molecule has 0 spiro atoms. The maximum atomic E-state index is 12.4. The first kappa shape index (κ1) is 17.2. The number of allylic oxidation sites excluding steroid dienone is 1. The van der Waals surface area contributed by atoms with Crippen LogP contribution in [-0.2, 0) is 9.53 Å². The Labute approximate surface area is 139 Å².